The van der Waals surface area contributed by atoms with E-state index in [1.807, 2.05) is 6.07 Å². The molecule has 2 aromatic rings. The van der Waals surface area contributed by atoms with Gasteiger partial charge in [-0.05, 0) is 56.1 Å². The molecule has 0 saturated carbocycles. The lowest BCUT2D eigenvalue weighted by Crippen LogP contribution is -2.49. The van der Waals surface area contributed by atoms with Crippen molar-refractivity contribution in [3.8, 4) is 11.4 Å². The smallest absolute Gasteiger partial charge is 0.224 e. The first kappa shape index (κ1) is 23.6. The second kappa shape index (κ2) is 11.5. The summed E-state index contributed by atoms with van der Waals surface area (Å²) in [6, 6.07) is 8.08. The van der Waals surface area contributed by atoms with E-state index in [0.29, 0.717) is 18.9 Å². The lowest BCUT2D eigenvalue weighted by atomic mass is 9.97. The molecule has 8 heteroatoms. The van der Waals surface area contributed by atoms with E-state index >= 15 is 0 Å². The molecule has 1 aromatic heterocycles. The number of nitrogens with zero attached hydrogens (tertiary/aromatic N) is 5. The highest BCUT2D eigenvalue weighted by Gasteiger charge is 2.27. The Kier molecular flexibility index (Phi) is 8.23. The predicted molar refractivity (Wildman–Crippen MR) is 129 cm³/mol. The average Bonchev–Trinajstić information content (AvgIpc) is 2.86. The molecule has 4 rings (SSSR count). The molecule has 2 aliphatic rings. The minimum Gasteiger partial charge on any atom is -0.356 e. The van der Waals surface area contributed by atoms with Gasteiger partial charge in [0, 0.05) is 64.1 Å². The Morgan fingerprint density at radius 1 is 1.06 bits per heavy atom. The van der Waals surface area contributed by atoms with Crippen molar-refractivity contribution < 1.29 is 9.18 Å². The molecular formula is C25H35FN6O. The summed E-state index contributed by atoms with van der Waals surface area (Å²) in [6.07, 6.45) is 4.78. The van der Waals surface area contributed by atoms with Crippen molar-refractivity contribution in [1.82, 2.24) is 25.1 Å². The molecule has 0 aliphatic carbocycles. The molecule has 33 heavy (non-hydrogen) atoms. The maximum atomic E-state index is 13.2. The van der Waals surface area contributed by atoms with Gasteiger partial charge in [-0.3, -0.25) is 9.69 Å². The standard InChI is InChI=1S/C25H35FN6O/c1-2-12-30-15-17-31(18-16-30)14-11-28-25(33)21-4-3-13-32(19-21)23-9-10-27-24(29-23)20-5-7-22(26)8-6-20/h5-10,21H,2-4,11-19H2,1H3,(H,28,33). The first-order valence-electron chi connectivity index (χ1n) is 12.2. The minimum atomic E-state index is -0.279. The van der Waals surface area contributed by atoms with Gasteiger partial charge in [-0.1, -0.05) is 6.92 Å². The van der Waals surface area contributed by atoms with E-state index in [9.17, 15) is 9.18 Å². The van der Waals surface area contributed by atoms with Gasteiger partial charge >= 0.3 is 0 Å². The third-order valence-electron chi connectivity index (χ3n) is 6.59. The van der Waals surface area contributed by atoms with Crippen LogP contribution in [0.1, 0.15) is 26.2 Å². The van der Waals surface area contributed by atoms with Crippen molar-refractivity contribution in [1.29, 1.82) is 0 Å². The van der Waals surface area contributed by atoms with Crippen LogP contribution in [-0.2, 0) is 4.79 Å². The van der Waals surface area contributed by atoms with Gasteiger partial charge < -0.3 is 15.1 Å². The maximum Gasteiger partial charge on any atom is 0.224 e. The fraction of sp³-hybridized carbons (Fsp3) is 0.560. The molecule has 1 amide bonds. The van der Waals surface area contributed by atoms with Gasteiger partial charge in [-0.15, -0.1) is 0 Å². The summed E-state index contributed by atoms with van der Waals surface area (Å²) in [5, 5.41) is 3.16. The van der Waals surface area contributed by atoms with Crippen LogP contribution in [-0.4, -0.2) is 84.6 Å². The second-order valence-electron chi connectivity index (χ2n) is 9.00. The van der Waals surface area contributed by atoms with Gasteiger partial charge in [0.05, 0.1) is 5.92 Å². The molecule has 7 nitrogen and oxygen atoms in total. The highest BCUT2D eigenvalue weighted by Crippen LogP contribution is 2.24. The number of aromatic nitrogens is 2. The highest BCUT2D eigenvalue weighted by molar-refractivity contribution is 5.79. The van der Waals surface area contributed by atoms with Gasteiger partial charge in [-0.2, -0.15) is 0 Å². The number of benzene rings is 1. The van der Waals surface area contributed by atoms with Gasteiger partial charge in [0.2, 0.25) is 5.91 Å². The zero-order valence-corrected chi connectivity index (χ0v) is 19.5. The SMILES string of the molecule is CCCN1CCN(CCNC(=O)C2CCCN(c3ccnc(-c4ccc(F)cc4)n3)C2)CC1. The first-order valence-corrected chi connectivity index (χ1v) is 12.2. The lowest BCUT2D eigenvalue weighted by Gasteiger charge is -2.35. The molecule has 1 unspecified atom stereocenters. The van der Waals surface area contributed by atoms with Gasteiger partial charge in [-0.25, -0.2) is 14.4 Å². The summed E-state index contributed by atoms with van der Waals surface area (Å²) in [7, 11) is 0. The van der Waals surface area contributed by atoms with Gasteiger partial charge in [0.1, 0.15) is 11.6 Å². The summed E-state index contributed by atoms with van der Waals surface area (Å²) in [5.74, 6) is 1.20. The molecule has 1 aromatic carbocycles. The first-order chi connectivity index (χ1) is 16.1. The number of piperazine rings is 1. The monoisotopic (exact) mass is 454 g/mol. The summed E-state index contributed by atoms with van der Waals surface area (Å²) < 4.78 is 13.2. The number of carbonyl (C=O) groups excluding carboxylic acids is 1. The molecule has 0 radical (unpaired) electrons. The second-order valence-corrected chi connectivity index (χ2v) is 9.00. The largest absolute Gasteiger partial charge is 0.356 e. The Balaban J connectivity index is 1.26. The number of carbonyl (C=O) groups is 1. The third kappa shape index (κ3) is 6.48. The Bertz CT molecular complexity index is 900. The van der Waals surface area contributed by atoms with E-state index in [2.05, 4.69) is 36.9 Å². The number of hydrogen-bond acceptors (Lipinski definition) is 6. The topological polar surface area (TPSA) is 64.6 Å². The lowest BCUT2D eigenvalue weighted by molar-refractivity contribution is -0.125. The van der Waals surface area contributed by atoms with Gasteiger partial charge in [0.25, 0.3) is 0 Å². The van der Waals surface area contributed by atoms with E-state index in [0.717, 1.165) is 63.5 Å². The van der Waals surface area contributed by atoms with Crippen LogP contribution in [0.25, 0.3) is 11.4 Å². The normalized spacial score (nSPS) is 20.1. The number of piperidine rings is 1. The van der Waals surface area contributed by atoms with Crippen LogP contribution in [0.15, 0.2) is 36.5 Å². The van der Waals surface area contributed by atoms with Crippen molar-refractivity contribution in [2.75, 3.05) is 63.8 Å². The molecule has 2 saturated heterocycles. The molecule has 1 atom stereocenters. The van der Waals surface area contributed by atoms with Crippen molar-refractivity contribution in [3.05, 3.63) is 42.3 Å². The van der Waals surface area contributed by atoms with E-state index in [-0.39, 0.29) is 17.6 Å². The van der Waals surface area contributed by atoms with Crippen LogP contribution in [0.5, 0.6) is 0 Å². The highest BCUT2D eigenvalue weighted by atomic mass is 19.1. The summed E-state index contributed by atoms with van der Waals surface area (Å²) in [4.78, 5) is 29.0. The van der Waals surface area contributed by atoms with Crippen LogP contribution >= 0.6 is 0 Å². The fourth-order valence-electron chi connectivity index (χ4n) is 4.70. The third-order valence-corrected chi connectivity index (χ3v) is 6.59. The summed E-state index contributed by atoms with van der Waals surface area (Å²) >= 11 is 0. The van der Waals surface area contributed by atoms with E-state index in [1.165, 1.54) is 25.1 Å². The van der Waals surface area contributed by atoms with E-state index in [4.69, 9.17) is 0 Å². The van der Waals surface area contributed by atoms with Crippen molar-refractivity contribution >= 4 is 11.7 Å². The minimum absolute atomic E-state index is 0.0376. The Hall–Kier alpha value is -2.58. The van der Waals surface area contributed by atoms with Crippen LogP contribution in [0, 0.1) is 11.7 Å². The number of halogens is 1. The number of rotatable bonds is 8. The van der Waals surface area contributed by atoms with Crippen LogP contribution in [0.3, 0.4) is 0 Å². The fourth-order valence-corrected chi connectivity index (χ4v) is 4.70. The molecule has 178 valence electrons. The zero-order valence-electron chi connectivity index (χ0n) is 19.5. The number of hydrogen-bond donors (Lipinski definition) is 1. The molecular weight excluding hydrogens is 419 g/mol. The number of amides is 1. The average molecular weight is 455 g/mol. The van der Waals surface area contributed by atoms with Gasteiger partial charge in [0.15, 0.2) is 5.82 Å². The zero-order chi connectivity index (χ0) is 23.0. The van der Waals surface area contributed by atoms with Crippen molar-refractivity contribution in [3.63, 3.8) is 0 Å². The predicted octanol–water partition coefficient (Wildman–Crippen LogP) is 2.64. The Morgan fingerprint density at radius 3 is 2.52 bits per heavy atom. The Labute approximate surface area is 196 Å². The summed E-state index contributed by atoms with van der Waals surface area (Å²) in [6.45, 7) is 10.9. The van der Waals surface area contributed by atoms with Crippen LogP contribution < -0.4 is 10.2 Å². The maximum absolute atomic E-state index is 13.2. The number of nitrogens with one attached hydrogen (secondary N) is 1. The van der Waals surface area contributed by atoms with Crippen molar-refractivity contribution in [2.24, 2.45) is 5.92 Å². The molecule has 1 N–H and O–H groups in total. The Morgan fingerprint density at radius 2 is 1.79 bits per heavy atom. The molecule has 0 bridgehead atoms. The van der Waals surface area contributed by atoms with E-state index < -0.39 is 0 Å². The number of anilines is 1. The molecule has 2 aliphatic heterocycles. The van der Waals surface area contributed by atoms with E-state index in [1.54, 1.807) is 18.3 Å². The van der Waals surface area contributed by atoms with Crippen LogP contribution in [0.4, 0.5) is 10.2 Å². The molecule has 2 fully saturated rings. The summed E-state index contributed by atoms with van der Waals surface area (Å²) in [5.41, 5.74) is 0.778. The molecule has 3 heterocycles. The molecule has 0 spiro atoms. The van der Waals surface area contributed by atoms with Crippen LogP contribution in [0.2, 0.25) is 0 Å². The quantitative estimate of drug-likeness (QED) is 0.662. The van der Waals surface area contributed by atoms with Crippen molar-refractivity contribution in [2.45, 2.75) is 26.2 Å².